The lowest BCUT2D eigenvalue weighted by Gasteiger charge is -2.37. The van der Waals surface area contributed by atoms with Crippen LogP contribution in [0.2, 0.25) is 0 Å². The maximum Gasteiger partial charge on any atom is 0.451 e. The van der Waals surface area contributed by atoms with Crippen LogP contribution < -0.4 is 10.6 Å². The van der Waals surface area contributed by atoms with E-state index in [4.69, 9.17) is 5.11 Å². The maximum atomic E-state index is 14.8. The highest BCUT2D eigenvalue weighted by atomic mass is 19.4. The number of anilines is 1. The van der Waals surface area contributed by atoms with Crippen LogP contribution in [0.15, 0.2) is 36.7 Å². The Hall–Kier alpha value is -3.52. The molecule has 3 heterocycles. The normalized spacial score (nSPS) is 16.8. The second kappa shape index (κ2) is 11.1. The maximum absolute atomic E-state index is 14.8. The number of amides is 1. The van der Waals surface area contributed by atoms with Crippen molar-refractivity contribution in [3.8, 4) is 0 Å². The number of pyridine rings is 1. The quantitative estimate of drug-likeness (QED) is 0.372. The summed E-state index contributed by atoms with van der Waals surface area (Å²) in [6.45, 7) is -0.269. The van der Waals surface area contributed by atoms with E-state index < -0.39 is 48.5 Å². The number of fused-ring (bicyclic) bond motifs is 1. The molecule has 4 rings (SSSR count). The summed E-state index contributed by atoms with van der Waals surface area (Å²) >= 11 is 0. The van der Waals surface area contributed by atoms with Gasteiger partial charge in [-0.1, -0.05) is 0 Å². The molecule has 8 nitrogen and oxygen atoms in total. The number of piperidine rings is 1. The van der Waals surface area contributed by atoms with E-state index in [0.29, 0.717) is 11.3 Å². The smallest absolute Gasteiger partial charge is 0.395 e. The van der Waals surface area contributed by atoms with Crippen LogP contribution in [0.3, 0.4) is 0 Å². The van der Waals surface area contributed by atoms with Gasteiger partial charge in [0, 0.05) is 62.4 Å². The van der Waals surface area contributed by atoms with Gasteiger partial charge in [0.05, 0.1) is 23.7 Å². The number of hydrogen-bond donors (Lipinski definition) is 3. The lowest BCUT2D eigenvalue weighted by Crippen LogP contribution is -2.45. The number of nitrogens with one attached hydrogen (secondary N) is 2. The number of aromatic nitrogens is 3. The van der Waals surface area contributed by atoms with Gasteiger partial charge in [0.25, 0.3) is 11.8 Å². The molecular weight excluding hydrogens is 518 g/mol. The number of halogens is 6. The molecule has 0 bridgehead atoms. The lowest BCUT2D eigenvalue weighted by molar-refractivity contribution is -0.145. The van der Waals surface area contributed by atoms with E-state index in [1.165, 1.54) is 18.2 Å². The Bertz CT molecular complexity index is 1280. The Labute approximate surface area is 213 Å². The number of aliphatic hydroxyl groups excluding tert-OH is 1. The van der Waals surface area contributed by atoms with Gasteiger partial charge < -0.3 is 15.7 Å². The minimum atomic E-state index is -4.76. The highest BCUT2D eigenvalue weighted by Crippen LogP contribution is 2.33. The molecule has 1 saturated heterocycles. The van der Waals surface area contributed by atoms with Crippen LogP contribution in [0.1, 0.15) is 40.6 Å². The molecule has 1 aliphatic heterocycles. The fraction of sp³-hybridized carbons (Fsp3) is 0.417. The zero-order valence-corrected chi connectivity index (χ0v) is 19.9. The average molecular weight is 542 g/mol. The van der Waals surface area contributed by atoms with Crippen molar-refractivity contribution in [1.82, 2.24) is 25.2 Å². The topological polar surface area (TPSA) is 103 Å². The van der Waals surface area contributed by atoms with Crippen LogP contribution >= 0.6 is 0 Å². The Morgan fingerprint density at radius 1 is 1.11 bits per heavy atom. The van der Waals surface area contributed by atoms with Gasteiger partial charge in [-0.3, -0.25) is 9.69 Å². The van der Waals surface area contributed by atoms with Gasteiger partial charge in [0.2, 0.25) is 5.82 Å². The summed E-state index contributed by atoms with van der Waals surface area (Å²) in [6.07, 6.45) is -3.79. The second-order valence-electron chi connectivity index (χ2n) is 8.79. The molecule has 204 valence electrons. The molecule has 1 amide bonds. The molecule has 1 fully saturated rings. The van der Waals surface area contributed by atoms with Crippen molar-refractivity contribution in [1.29, 1.82) is 0 Å². The molecule has 1 atom stereocenters. The van der Waals surface area contributed by atoms with E-state index in [9.17, 15) is 31.1 Å². The van der Waals surface area contributed by atoms with Crippen LogP contribution in [0.5, 0.6) is 0 Å². The van der Waals surface area contributed by atoms with E-state index in [2.05, 4.69) is 25.6 Å². The van der Waals surface area contributed by atoms with Crippen molar-refractivity contribution in [2.75, 3.05) is 38.1 Å². The van der Waals surface area contributed by atoms with Gasteiger partial charge in [-0.25, -0.2) is 28.1 Å². The minimum Gasteiger partial charge on any atom is -0.395 e. The van der Waals surface area contributed by atoms with Gasteiger partial charge >= 0.3 is 6.18 Å². The number of alkyl halides is 5. The van der Waals surface area contributed by atoms with Crippen LogP contribution in [-0.2, 0) is 6.18 Å². The van der Waals surface area contributed by atoms with Crippen molar-refractivity contribution in [2.24, 2.45) is 0 Å². The van der Waals surface area contributed by atoms with E-state index >= 15 is 0 Å². The Balaban J connectivity index is 1.58. The third-order valence-electron chi connectivity index (χ3n) is 6.20. The van der Waals surface area contributed by atoms with Crippen molar-refractivity contribution < 1.29 is 36.2 Å². The van der Waals surface area contributed by atoms with E-state index in [1.54, 1.807) is 4.90 Å². The van der Waals surface area contributed by atoms with Crippen LogP contribution in [-0.4, -0.2) is 69.6 Å². The number of rotatable bonds is 8. The minimum absolute atomic E-state index is 0.0786. The summed E-state index contributed by atoms with van der Waals surface area (Å²) < 4.78 is 81.0. The number of hydrogen-bond acceptors (Lipinski definition) is 7. The summed E-state index contributed by atoms with van der Waals surface area (Å²) in [5.74, 6) is -5.45. The standard InChI is InChI=1S/C24H24F6N6O2/c25-16-2-3-17-15(1-4-19(35-17)31-7-10-37)20(16)21(38)32-13-18(36-8-5-23(26,27)6-9-36)14-11-33-22(34-12-14)24(28,29)30/h1-4,11-12,18,37H,5-10,13H2,(H,31,35)(H,32,38). The Morgan fingerprint density at radius 2 is 1.79 bits per heavy atom. The predicted molar refractivity (Wildman–Crippen MR) is 125 cm³/mol. The molecule has 38 heavy (non-hydrogen) atoms. The first kappa shape index (κ1) is 27.5. The summed E-state index contributed by atoms with van der Waals surface area (Å²) in [6, 6.07) is 4.65. The van der Waals surface area contributed by atoms with Gasteiger partial charge in [0.15, 0.2) is 0 Å². The molecule has 1 unspecified atom stereocenters. The van der Waals surface area contributed by atoms with Crippen molar-refractivity contribution in [3.05, 3.63) is 59.4 Å². The third-order valence-corrected chi connectivity index (χ3v) is 6.20. The highest BCUT2D eigenvalue weighted by molar-refractivity contribution is 6.06. The molecule has 3 aromatic rings. The Kier molecular flexibility index (Phi) is 8.02. The second-order valence-corrected chi connectivity index (χ2v) is 8.79. The average Bonchev–Trinajstić information content (AvgIpc) is 2.88. The first-order valence-electron chi connectivity index (χ1n) is 11.7. The van der Waals surface area contributed by atoms with E-state index in [1.807, 2.05) is 0 Å². The lowest BCUT2D eigenvalue weighted by atomic mass is 10.0. The summed E-state index contributed by atoms with van der Waals surface area (Å²) in [7, 11) is 0. The summed E-state index contributed by atoms with van der Waals surface area (Å²) in [5, 5.41) is 14.6. The number of aliphatic hydroxyl groups is 1. The SMILES string of the molecule is O=C(NCC(c1cnc(C(F)(F)F)nc1)N1CCC(F)(F)CC1)c1c(F)ccc2nc(NCCO)ccc12. The molecule has 0 saturated carbocycles. The largest absolute Gasteiger partial charge is 0.451 e. The molecular formula is C24H24F6N6O2. The number of carbonyl (C=O) groups is 1. The van der Waals surface area contributed by atoms with E-state index in [0.717, 1.165) is 18.5 Å². The van der Waals surface area contributed by atoms with Crippen molar-refractivity contribution in [2.45, 2.75) is 31.0 Å². The molecule has 14 heteroatoms. The van der Waals surface area contributed by atoms with Gasteiger partial charge in [-0.05, 0) is 24.3 Å². The fourth-order valence-electron chi connectivity index (χ4n) is 4.25. The van der Waals surface area contributed by atoms with Crippen LogP contribution in [0.25, 0.3) is 10.9 Å². The molecule has 0 radical (unpaired) electrons. The number of nitrogens with zero attached hydrogens (tertiary/aromatic N) is 4. The predicted octanol–water partition coefficient (Wildman–Crippen LogP) is 3.79. The number of likely N-dealkylation sites (tertiary alicyclic amines) is 1. The number of carbonyl (C=O) groups excluding carboxylic acids is 1. The number of benzene rings is 1. The summed E-state index contributed by atoms with van der Waals surface area (Å²) in [5.41, 5.74) is 0.199. The molecule has 0 spiro atoms. The first-order valence-corrected chi connectivity index (χ1v) is 11.7. The van der Waals surface area contributed by atoms with Crippen molar-refractivity contribution in [3.63, 3.8) is 0 Å². The van der Waals surface area contributed by atoms with E-state index in [-0.39, 0.29) is 49.3 Å². The van der Waals surface area contributed by atoms with Gasteiger partial charge in [-0.2, -0.15) is 13.2 Å². The fourth-order valence-corrected chi connectivity index (χ4v) is 4.25. The third kappa shape index (κ3) is 6.30. The van der Waals surface area contributed by atoms with Gasteiger partial charge in [0.1, 0.15) is 11.6 Å². The van der Waals surface area contributed by atoms with Crippen molar-refractivity contribution >= 4 is 22.6 Å². The molecule has 3 N–H and O–H groups in total. The van der Waals surface area contributed by atoms with Gasteiger partial charge in [-0.15, -0.1) is 0 Å². The molecule has 1 aromatic carbocycles. The molecule has 1 aliphatic rings. The molecule has 2 aromatic heterocycles. The monoisotopic (exact) mass is 542 g/mol. The zero-order valence-electron chi connectivity index (χ0n) is 19.9. The highest BCUT2D eigenvalue weighted by Gasteiger charge is 2.38. The van der Waals surface area contributed by atoms with Crippen LogP contribution in [0.4, 0.5) is 32.2 Å². The zero-order chi connectivity index (χ0) is 27.5. The molecule has 0 aliphatic carbocycles. The Morgan fingerprint density at radius 3 is 2.42 bits per heavy atom. The van der Waals surface area contributed by atoms with Crippen LogP contribution in [0, 0.1) is 5.82 Å². The summed E-state index contributed by atoms with van der Waals surface area (Å²) in [4.78, 5) is 25.7. The first-order chi connectivity index (χ1) is 18.0.